The summed E-state index contributed by atoms with van der Waals surface area (Å²) in [5.41, 5.74) is 0.569. The van der Waals surface area contributed by atoms with E-state index in [4.69, 9.17) is 14.2 Å². The van der Waals surface area contributed by atoms with Gasteiger partial charge in [0.2, 0.25) is 10.0 Å². The van der Waals surface area contributed by atoms with Gasteiger partial charge in [-0.1, -0.05) is 6.42 Å². The number of nitrogens with zero attached hydrogens (tertiary/aromatic N) is 1. The summed E-state index contributed by atoms with van der Waals surface area (Å²) in [4.78, 5) is 13.0. The lowest BCUT2D eigenvalue weighted by Crippen LogP contribution is -2.35. The van der Waals surface area contributed by atoms with Crippen molar-refractivity contribution in [1.82, 2.24) is 4.31 Å². The van der Waals surface area contributed by atoms with Crippen LogP contribution >= 0.6 is 0 Å². The van der Waals surface area contributed by atoms with E-state index in [0.29, 0.717) is 35.9 Å². The van der Waals surface area contributed by atoms with Gasteiger partial charge in [-0.05, 0) is 43.2 Å². The van der Waals surface area contributed by atoms with Crippen molar-refractivity contribution in [2.45, 2.75) is 24.2 Å². The number of piperidine rings is 1. The standard InChI is InChI=1S/C21H26N2O6S/c1-27-16-11-15(12-17(13-16)28-2)21(24)22-19-14-18(7-8-20(19)29-3)30(25,26)23-9-5-4-6-10-23/h7-8,11-14H,4-6,9-10H2,1-3H3,(H,22,24). The van der Waals surface area contributed by atoms with Gasteiger partial charge in [-0.25, -0.2) is 8.42 Å². The Labute approximate surface area is 176 Å². The van der Waals surface area contributed by atoms with E-state index in [-0.39, 0.29) is 10.6 Å². The first kappa shape index (κ1) is 21.9. The van der Waals surface area contributed by atoms with Crippen LogP contribution in [-0.2, 0) is 10.0 Å². The van der Waals surface area contributed by atoms with Crippen molar-refractivity contribution < 1.29 is 27.4 Å². The van der Waals surface area contributed by atoms with Crippen molar-refractivity contribution in [3.8, 4) is 17.2 Å². The zero-order valence-corrected chi connectivity index (χ0v) is 18.1. The van der Waals surface area contributed by atoms with Crippen molar-refractivity contribution in [1.29, 1.82) is 0 Å². The zero-order valence-electron chi connectivity index (χ0n) is 17.3. The fourth-order valence-corrected chi connectivity index (χ4v) is 4.88. The molecule has 2 aromatic carbocycles. The molecule has 1 N–H and O–H groups in total. The van der Waals surface area contributed by atoms with Crippen LogP contribution in [0.5, 0.6) is 17.2 Å². The highest BCUT2D eigenvalue weighted by Crippen LogP contribution is 2.31. The molecule has 0 bridgehead atoms. The summed E-state index contributed by atoms with van der Waals surface area (Å²) in [7, 11) is 0.801. The summed E-state index contributed by atoms with van der Waals surface area (Å²) in [6.45, 7) is 0.999. The molecule has 3 rings (SSSR count). The molecule has 0 aliphatic carbocycles. The maximum absolute atomic E-state index is 13.0. The number of methoxy groups -OCH3 is 3. The van der Waals surface area contributed by atoms with Crippen LogP contribution in [0.1, 0.15) is 29.6 Å². The molecule has 1 amide bonds. The molecule has 1 saturated heterocycles. The van der Waals surface area contributed by atoms with Crippen LogP contribution < -0.4 is 19.5 Å². The minimum absolute atomic E-state index is 0.115. The molecule has 0 atom stereocenters. The molecule has 1 heterocycles. The average molecular weight is 435 g/mol. The highest BCUT2D eigenvalue weighted by atomic mass is 32.2. The Balaban J connectivity index is 1.92. The van der Waals surface area contributed by atoms with Crippen molar-refractivity contribution >= 4 is 21.6 Å². The Hall–Kier alpha value is -2.78. The summed E-state index contributed by atoms with van der Waals surface area (Å²) in [5.74, 6) is 0.842. The first-order valence-corrected chi connectivity index (χ1v) is 11.1. The van der Waals surface area contributed by atoms with E-state index in [1.807, 2.05) is 0 Å². The third kappa shape index (κ3) is 4.68. The number of carbonyl (C=O) groups excluding carboxylic acids is 1. The number of anilines is 1. The average Bonchev–Trinajstić information content (AvgIpc) is 2.79. The molecule has 0 spiro atoms. The second-order valence-corrected chi connectivity index (χ2v) is 8.82. The molecule has 1 fully saturated rings. The lowest BCUT2D eigenvalue weighted by molar-refractivity contribution is 0.102. The third-order valence-corrected chi connectivity index (χ3v) is 6.88. The molecule has 8 nitrogen and oxygen atoms in total. The van der Waals surface area contributed by atoms with Crippen LogP contribution in [0.4, 0.5) is 5.69 Å². The van der Waals surface area contributed by atoms with Crippen LogP contribution in [-0.4, -0.2) is 53.0 Å². The van der Waals surface area contributed by atoms with Crippen LogP contribution in [0, 0.1) is 0 Å². The highest BCUT2D eigenvalue weighted by molar-refractivity contribution is 7.89. The largest absolute Gasteiger partial charge is 0.497 e. The number of nitrogens with one attached hydrogen (secondary N) is 1. The van der Waals surface area contributed by atoms with E-state index in [1.54, 1.807) is 24.3 Å². The molecular formula is C21H26N2O6S. The molecular weight excluding hydrogens is 408 g/mol. The van der Waals surface area contributed by atoms with E-state index in [9.17, 15) is 13.2 Å². The lowest BCUT2D eigenvalue weighted by atomic mass is 10.1. The van der Waals surface area contributed by atoms with Gasteiger partial charge >= 0.3 is 0 Å². The van der Waals surface area contributed by atoms with Crippen molar-refractivity contribution in [2.75, 3.05) is 39.7 Å². The molecule has 9 heteroatoms. The van der Waals surface area contributed by atoms with Gasteiger partial charge in [0, 0.05) is 24.7 Å². The number of benzene rings is 2. The summed E-state index contributed by atoms with van der Waals surface area (Å²) in [5, 5.41) is 2.74. The fraction of sp³-hybridized carbons (Fsp3) is 0.381. The van der Waals surface area contributed by atoms with Gasteiger partial charge in [-0.2, -0.15) is 4.31 Å². The molecule has 30 heavy (non-hydrogen) atoms. The molecule has 162 valence electrons. The topological polar surface area (TPSA) is 94.2 Å². The SMILES string of the molecule is COc1cc(OC)cc(C(=O)Nc2cc(S(=O)(=O)N3CCCCC3)ccc2OC)c1. The fourth-order valence-electron chi connectivity index (χ4n) is 3.33. The maximum atomic E-state index is 13.0. The van der Waals surface area contributed by atoms with Crippen LogP contribution in [0.15, 0.2) is 41.3 Å². The quantitative estimate of drug-likeness (QED) is 0.720. The van der Waals surface area contributed by atoms with Crippen LogP contribution in [0.25, 0.3) is 0 Å². The molecule has 0 aromatic heterocycles. The van der Waals surface area contributed by atoms with E-state index < -0.39 is 15.9 Å². The summed E-state index contributed by atoms with van der Waals surface area (Å²) < 4.78 is 43.2. The number of hydrogen-bond acceptors (Lipinski definition) is 6. The van der Waals surface area contributed by atoms with E-state index >= 15 is 0 Å². The Kier molecular flexibility index (Phi) is 6.84. The number of rotatable bonds is 7. The molecule has 1 aliphatic heterocycles. The minimum atomic E-state index is -3.64. The molecule has 2 aromatic rings. The van der Waals surface area contributed by atoms with Crippen molar-refractivity contribution in [2.24, 2.45) is 0 Å². The lowest BCUT2D eigenvalue weighted by Gasteiger charge is -2.26. The summed E-state index contributed by atoms with van der Waals surface area (Å²) in [6, 6.07) is 9.25. The first-order chi connectivity index (χ1) is 14.4. The van der Waals surface area contributed by atoms with Gasteiger partial charge in [0.05, 0.1) is 31.9 Å². The molecule has 0 unspecified atom stereocenters. The molecule has 0 radical (unpaired) electrons. The predicted octanol–water partition coefficient (Wildman–Crippen LogP) is 3.14. The number of carbonyl (C=O) groups is 1. The van der Waals surface area contributed by atoms with Crippen LogP contribution in [0.3, 0.4) is 0 Å². The van der Waals surface area contributed by atoms with Gasteiger partial charge in [-0.15, -0.1) is 0 Å². The Morgan fingerprint density at radius 3 is 2.10 bits per heavy atom. The van der Waals surface area contributed by atoms with Gasteiger partial charge in [-0.3, -0.25) is 4.79 Å². The van der Waals surface area contributed by atoms with Gasteiger partial charge < -0.3 is 19.5 Å². The predicted molar refractivity (Wildman–Crippen MR) is 113 cm³/mol. The second kappa shape index (κ2) is 9.36. The normalized spacial score (nSPS) is 14.8. The van der Waals surface area contributed by atoms with Gasteiger partial charge in [0.15, 0.2) is 0 Å². The Morgan fingerprint density at radius 1 is 0.900 bits per heavy atom. The molecule has 1 aliphatic rings. The second-order valence-electron chi connectivity index (χ2n) is 6.88. The number of ether oxygens (including phenoxy) is 3. The summed E-state index contributed by atoms with van der Waals surface area (Å²) >= 11 is 0. The van der Waals surface area contributed by atoms with Gasteiger partial charge in [0.25, 0.3) is 5.91 Å². The highest BCUT2D eigenvalue weighted by Gasteiger charge is 2.27. The number of sulfonamides is 1. The Morgan fingerprint density at radius 2 is 1.53 bits per heavy atom. The minimum Gasteiger partial charge on any atom is -0.497 e. The summed E-state index contributed by atoms with van der Waals surface area (Å²) in [6.07, 6.45) is 2.72. The van der Waals surface area contributed by atoms with E-state index in [2.05, 4.69) is 5.32 Å². The number of hydrogen-bond donors (Lipinski definition) is 1. The molecule has 0 saturated carbocycles. The third-order valence-electron chi connectivity index (χ3n) is 4.99. The van der Waals surface area contributed by atoms with Crippen molar-refractivity contribution in [3.63, 3.8) is 0 Å². The monoisotopic (exact) mass is 434 g/mol. The van der Waals surface area contributed by atoms with E-state index in [0.717, 1.165) is 19.3 Å². The maximum Gasteiger partial charge on any atom is 0.256 e. The van der Waals surface area contributed by atoms with Crippen molar-refractivity contribution in [3.05, 3.63) is 42.0 Å². The van der Waals surface area contributed by atoms with Crippen LogP contribution in [0.2, 0.25) is 0 Å². The number of amides is 1. The smallest absolute Gasteiger partial charge is 0.256 e. The Bertz CT molecular complexity index is 994. The van der Waals surface area contributed by atoms with E-state index in [1.165, 1.54) is 37.8 Å². The first-order valence-electron chi connectivity index (χ1n) is 9.61. The van der Waals surface area contributed by atoms with Gasteiger partial charge in [0.1, 0.15) is 17.2 Å². The zero-order chi connectivity index (χ0) is 21.7.